The maximum atomic E-state index is 12.1. The second-order valence-electron chi connectivity index (χ2n) is 3.48. The minimum absolute atomic E-state index is 0.0291. The van der Waals surface area contributed by atoms with Gasteiger partial charge in [0.15, 0.2) is 0 Å². The third-order valence-electron chi connectivity index (χ3n) is 2.31. The second-order valence-corrected chi connectivity index (χ2v) is 4.22. The largest absolute Gasteiger partial charge is 0.395 e. The van der Waals surface area contributed by atoms with Gasteiger partial charge in [-0.15, -0.1) is 0 Å². The molecule has 1 aromatic heterocycles. The first-order valence-electron chi connectivity index (χ1n) is 5.12. The first kappa shape index (κ1) is 13.2. The maximum Gasteiger partial charge on any atom is 0.255 e. The fourth-order valence-corrected chi connectivity index (χ4v) is 2.21. The minimum atomic E-state index is -0.0372. The number of rotatable bonds is 6. The fourth-order valence-electron chi connectivity index (χ4n) is 1.39. The van der Waals surface area contributed by atoms with Crippen LogP contribution in [0.5, 0.6) is 0 Å². The van der Waals surface area contributed by atoms with Crippen LogP contribution in [-0.2, 0) is 4.74 Å². The van der Waals surface area contributed by atoms with Crippen LogP contribution in [-0.4, -0.2) is 49.3 Å². The molecule has 0 fully saturated rings. The van der Waals surface area contributed by atoms with Crippen molar-refractivity contribution in [2.75, 3.05) is 33.4 Å². The van der Waals surface area contributed by atoms with Crippen LogP contribution < -0.4 is 0 Å². The van der Waals surface area contributed by atoms with Gasteiger partial charge in [0.25, 0.3) is 5.91 Å². The molecule has 0 aliphatic carbocycles. The second kappa shape index (κ2) is 6.62. The van der Waals surface area contributed by atoms with E-state index in [1.54, 1.807) is 12.0 Å². The highest BCUT2D eigenvalue weighted by atomic mass is 32.1. The van der Waals surface area contributed by atoms with E-state index in [9.17, 15) is 4.79 Å². The number of aliphatic hydroxyl groups is 1. The molecule has 90 valence electrons. The maximum absolute atomic E-state index is 12.1. The number of nitrogens with zero attached hydrogens (tertiary/aromatic N) is 1. The molecule has 0 unspecified atom stereocenters. The molecule has 0 aromatic carbocycles. The molecule has 4 nitrogen and oxygen atoms in total. The summed E-state index contributed by atoms with van der Waals surface area (Å²) < 4.78 is 4.94. The van der Waals surface area contributed by atoms with Crippen LogP contribution in [0.4, 0.5) is 0 Å². The van der Waals surface area contributed by atoms with Gasteiger partial charge in [-0.2, -0.15) is 11.3 Å². The zero-order valence-electron chi connectivity index (χ0n) is 9.60. The van der Waals surface area contributed by atoms with Gasteiger partial charge in [-0.25, -0.2) is 0 Å². The van der Waals surface area contributed by atoms with Crippen LogP contribution in [0.3, 0.4) is 0 Å². The summed E-state index contributed by atoms with van der Waals surface area (Å²) in [4.78, 5) is 13.7. The summed E-state index contributed by atoms with van der Waals surface area (Å²) in [6.07, 6.45) is 0. The molecule has 0 aliphatic rings. The van der Waals surface area contributed by atoms with Crippen LogP contribution in [0.25, 0.3) is 0 Å². The predicted octanol–water partition coefficient (Wildman–Crippen LogP) is 1.14. The zero-order valence-corrected chi connectivity index (χ0v) is 10.4. The molecule has 16 heavy (non-hydrogen) atoms. The van der Waals surface area contributed by atoms with E-state index < -0.39 is 0 Å². The van der Waals surface area contributed by atoms with Gasteiger partial charge in [0, 0.05) is 25.6 Å². The lowest BCUT2D eigenvalue weighted by atomic mass is 10.2. The van der Waals surface area contributed by atoms with Gasteiger partial charge in [-0.3, -0.25) is 4.79 Å². The number of aryl methyl sites for hydroxylation is 1. The van der Waals surface area contributed by atoms with E-state index in [4.69, 9.17) is 9.84 Å². The molecule has 0 atom stereocenters. The molecule has 0 spiro atoms. The number of hydrogen-bond acceptors (Lipinski definition) is 4. The van der Waals surface area contributed by atoms with Crippen molar-refractivity contribution in [2.45, 2.75) is 6.92 Å². The molecule has 1 N–H and O–H groups in total. The van der Waals surface area contributed by atoms with E-state index in [2.05, 4.69) is 0 Å². The number of thiophene rings is 1. The highest BCUT2D eigenvalue weighted by Gasteiger charge is 2.17. The van der Waals surface area contributed by atoms with Gasteiger partial charge in [0.2, 0.25) is 0 Å². The van der Waals surface area contributed by atoms with E-state index in [0.29, 0.717) is 19.7 Å². The summed E-state index contributed by atoms with van der Waals surface area (Å²) in [6, 6.07) is 0. The van der Waals surface area contributed by atoms with Crippen LogP contribution in [0.2, 0.25) is 0 Å². The lowest BCUT2D eigenvalue weighted by Crippen LogP contribution is -2.36. The summed E-state index contributed by atoms with van der Waals surface area (Å²) in [5.74, 6) is -0.0372. The average Bonchev–Trinajstić information content (AvgIpc) is 2.69. The van der Waals surface area contributed by atoms with E-state index in [1.807, 2.05) is 17.7 Å². The van der Waals surface area contributed by atoms with Crippen LogP contribution in [0, 0.1) is 6.92 Å². The summed E-state index contributed by atoms with van der Waals surface area (Å²) in [5, 5.41) is 12.7. The number of methoxy groups -OCH3 is 1. The Morgan fingerprint density at radius 3 is 2.75 bits per heavy atom. The molecule has 1 heterocycles. The predicted molar refractivity (Wildman–Crippen MR) is 63.9 cm³/mol. The van der Waals surface area contributed by atoms with Crippen molar-refractivity contribution in [2.24, 2.45) is 0 Å². The van der Waals surface area contributed by atoms with Crippen LogP contribution >= 0.6 is 11.3 Å². The van der Waals surface area contributed by atoms with Crippen molar-refractivity contribution in [1.82, 2.24) is 4.90 Å². The Balaban J connectivity index is 2.70. The normalized spacial score (nSPS) is 10.4. The van der Waals surface area contributed by atoms with Gasteiger partial charge in [0.1, 0.15) is 0 Å². The lowest BCUT2D eigenvalue weighted by molar-refractivity contribution is 0.0656. The molecular weight excluding hydrogens is 226 g/mol. The molecule has 0 saturated carbocycles. The molecule has 0 saturated heterocycles. The third-order valence-corrected chi connectivity index (χ3v) is 3.17. The summed E-state index contributed by atoms with van der Waals surface area (Å²) in [6.45, 7) is 3.22. The van der Waals surface area contributed by atoms with Crippen LogP contribution in [0.1, 0.15) is 15.9 Å². The summed E-state index contributed by atoms with van der Waals surface area (Å²) >= 11 is 1.51. The van der Waals surface area contributed by atoms with E-state index in [0.717, 1.165) is 11.1 Å². The van der Waals surface area contributed by atoms with Gasteiger partial charge < -0.3 is 14.7 Å². The first-order chi connectivity index (χ1) is 7.70. The highest BCUT2D eigenvalue weighted by molar-refractivity contribution is 7.08. The van der Waals surface area contributed by atoms with Crippen molar-refractivity contribution < 1.29 is 14.6 Å². The van der Waals surface area contributed by atoms with Crippen LogP contribution in [0.15, 0.2) is 10.8 Å². The SMILES string of the molecule is COCCN(CCO)C(=O)c1cscc1C. The zero-order chi connectivity index (χ0) is 12.0. The molecule has 0 radical (unpaired) electrons. The van der Waals surface area contributed by atoms with Crippen molar-refractivity contribution in [3.63, 3.8) is 0 Å². The Bertz CT molecular complexity index is 338. The highest BCUT2D eigenvalue weighted by Crippen LogP contribution is 2.15. The van der Waals surface area contributed by atoms with Gasteiger partial charge in [0.05, 0.1) is 18.8 Å². The topological polar surface area (TPSA) is 49.8 Å². The third kappa shape index (κ3) is 3.30. The average molecular weight is 243 g/mol. The number of carbonyl (C=O) groups is 1. The van der Waals surface area contributed by atoms with Crippen molar-refractivity contribution in [1.29, 1.82) is 0 Å². The monoisotopic (exact) mass is 243 g/mol. The van der Waals surface area contributed by atoms with Crippen molar-refractivity contribution in [3.8, 4) is 0 Å². The number of hydrogen-bond donors (Lipinski definition) is 1. The Hall–Kier alpha value is -0.910. The lowest BCUT2D eigenvalue weighted by Gasteiger charge is -2.21. The minimum Gasteiger partial charge on any atom is -0.395 e. The molecule has 1 amide bonds. The fraction of sp³-hybridized carbons (Fsp3) is 0.545. The Labute approximate surface area is 99.5 Å². The smallest absolute Gasteiger partial charge is 0.255 e. The quantitative estimate of drug-likeness (QED) is 0.815. The van der Waals surface area contributed by atoms with E-state index in [-0.39, 0.29) is 12.5 Å². The summed E-state index contributed by atoms with van der Waals surface area (Å²) in [5.41, 5.74) is 1.70. The van der Waals surface area contributed by atoms with E-state index in [1.165, 1.54) is 11.3 Å². The first-order valence-corrected chi connectivity index (χ1v) is 6.06. The Kier molecular flexibility index (Phi) is 5.45. The molecular formula is C11H17NO3S. The molecule has 1 aromatic rings. The Morgan fingerprint density at radius 2 is 2.25 bits per heavy atom. The molecule has 1 rings (SSSR count). The van der Waals surface area contributed by atoms with Gasteiger partial charge in [-0.05, 0) is 17.9 Å². The number of aliphatic hydroxyl groups excluding tert-OH is 1. The van der Waals surface area contributed by atoms with Crippen molar-refractivity contribution in [3.05, 3.63) is 21.9 Å². The number of ether oxygens (including phenoxy) is 1. The number of carbonyl (C=O) groups excluding carboxylic acids is 1. The van der Waals surface area contributed by atoms with E-state index >= 15 is 0 Å². The standard InChI is InChI=1S/C11H17NO3S/c1-9-7-16-8-10(9)11(14)12(3-5-13)4-6-15-2/h7-8,13H,3-6H2,1-2H3. The molecule has 5 heteroatoms. The van der Waals surface area contributed by atoms with Gasteiger partial charge >= 0.3 is 0 Å². The Morgan fingerprint density at radius 1 is 1.50 bits per heavy atom. The van der Waals surface area contributed by atoms with Crippen molar-refractivity contribution >= 4 is 17.2 Å². The molecule has 0 aliphatic heterocycles. The van der Waals surface area contributed by atoms with Gasteiger partial charge in [-0.1, -0.05) is 0 Å². The molecule has 0 bridgehead atoms. The summed E-state index contributed by atoms with van der Waals surface area (Å²) in [7, 11) is 1.59. The number of amides is 1.